The van der Waals surface area contributed by atoms with Gasteiger partial charge in [-0.25, -0.2) is 0 Å². The fraction of sp³-hybridized carbons (Fsp3) is 0.750. The maximum atomic E-state index is 4.17. The highest BCUT2D eigenvalue weighted by atomic mass is 15.2. The average Bonchev–Trinajstić information content (AvgIpc) is 2.61. The lowest BCUT2D eigenvalue weighted by Gasteiger charge is -2.19. The van der Waals surface area contributed by atoms with Crippen molar-refractivity contribution in [1.82, 2.24) is 20.0 Å². The first-order valence-electron chi connectivity index (χ1n) is 6.01. The SMILES string of the molecule is CCNC(C)CCN(C)Cc1cnn(C)c1. The maximum absolute atomic E-state index is 4.17. The van der Waals surface area contributed by atoms with Gasteiger partial charge in [0.25, 0.3) is 0 Å². The summed E-state index contributed by atoms with van der Waals surface area (Å²) in [5.41, 5.74) is 1.28. The van der Waals surface area contributed by atoms with Crippen molar-refractivity contribution in [1.29, 1.82) is 0 Å². The Morgan fingerprint density at radius 3 is 2.88 bits per heavy atom. The Morgan fingerprint density at radius 1 is 1.56 bits per heavy atom. The summed E-state index contributed by atoms with van der Waals surface area (Å²) in [5.74, 6) is 0. The topological polar surface area (TPSA) is 33.1 Å². The lowest BCUT2D eigenvalue weighted by atomic mass is 10.2. The van der Waals surface area contributed by atoms with Crippen molar-refractivity contribution in [2.24, 2.45) is 7.05 Å². The van der Waals surface area contributed by atoms with E-state index >= 15 is 0 Å². The van der Waals surface area contributed by atoms with E-state index < -0.39 is 0 Å². The molecule has 16 heavy (non-hydrogen) atoms. The molecule has 1 rings (SSSR count). The van der Waals surface area contributed by atoms with Crippen LogP contribution in [0.15, 0.2) is 12.4 Å². The number of aromatic nitrogens is 2. The number of hydrogen-bond acceptors (Lipinski definition) is 3. The zero-order chi connectivity index (χ0) is 12.0. The molecular formula is C12H24N4. The predicted molar refractivity (Wildman–Crippen MR) is 67.3 cm³/mol. The molecule has 0 saturated carbocycles. The Morgan fingerprint density at radius 2 is 2.31 bits per heavy atom. The van der Waals surface area contributed by atoms with Gasteiger partial charge in [-0.15, -0.1) is 0 Å². The molecule has 0 aliphatic rings. The van der Waals surface area contributed by atoms with Crippen LogP contribution in [-0.2, 0) is 13.6 Å². The number of nitrogens with one attached hydrogen (secondary N) is 1. The highest BCUT2D eigenvalue weighted by molar-refractivity contribution is 5.02. The van der Waals surface area contributed by atoms with Crippen LogP contribution in [-0.4, -0.2) is 40.9 Å². The van der Waals surface area contributed by atoms with Crippen molar-refractivity contribution < 1.29 is 0 Å². The summed E-state index contributed by atoms with van der Waals surface area (Å²) in [6, 6.07) is 0.598. The third-order valence-electron chi connectivity index (χ3n) is 2.71. The zero-order valence-corrected chi connectivity index (χ0v) is 10.9. The van der Waals surface area contributed by atoms with Gasteiger partial charge in [-0.1, -0.05) is 6.92 Å². The van der Waals surface area contributed by atoms with E-state index in [1.54, 1.807) is 0 Å². The molecule has 1 aromatic heterocycles. The van der Waals surface area contributed by atoms with Crippen LogP contribution < -0.4 is 5.32 Å². The van der Waals surface area contributed by atoms with Crippen LogP contribution in [0.3, 0.4) is 0 Å². The molecule has 1 N–H and O–H groups in total. The molecule has 0 radical (unpaired) electrons. The first-order valence-corrected chi connectivity index (χ1v) is 6.01. The van der Waals surface area contributed by atoms with Gasteiger partial charge in [0.2, 0.25) is 0 Å². The quantitative estimate of drug-likeness (QED) is 0.756. The molecule has 1 aromatic rings. The molecule has 0 aliphatic carbocycles. The van der Waals surface area contributed by atoms with E-state index in [2.05, 4.69) is 42.4 Å². The molecule has 0 aromatic carbocycles. The summed E-state index contributed by atoms with van der Waals surface area (Å²) >= 11 is 0. The van der Waals surface area contributed by atoms with Crippen LogP contribution in [0.5, 0.6) is 0 Å². The second-order valence-corrected chi connectivity index (χ2v) is 4.51. The van der Waals surface area contributed by atoms with Crippen LogP contribution in [0.2, 0.25) is 0 Å². The molecule has 1 heterocycles. The van der Waals surface area contributed by atoms with Crippen molar-refractivity contribution in [3.8, 4) is 0 Å². The first kappa shape index (κ1) is 13.2. The van der Waals surface area contributed by atoms with Crippen LogP contribution in [0.4, 0.5) is 0 Å². The predicted octanol–water partition coefficient (Wildman–Crippen LogP) is 1.24. The van der Waals surface area contributed by atoms with Gasteiger partial charge in [0, 0.05) is 31.4 Å². The Bertz CT molecular complexity index is 295. The molecule has 0 fully saturated rings. The van der Waals surface area contributed by atoms with Gasteiger partial charge in [-0.05, 0) is 33.5 Å². The van der Waals surface area contributed by atoms with Gasteiger partial charge in [-0.3, -0.25) is 4.68 Å². The first-order chi connectivity index (χ1) is 7.61. The highest BCUT2D eigenvalue weighted by Gasteiger charge is 2.05. The Labute approximate surface area is 98.6 Å². The Hall–Kier alpha value is -0.870. The largest absolute Gasteiger partial charge is 0.314 e. The third kappa shape index (κ3) is 4.77. The van der Waals surface area contributed by atoms with Crippen LogP contribution in [0.1, 0.15) is 25.8 Å². The minimum Gasteiger partial charge on any atom is -0.314 e. The average molecular weight is 224 g/mol. The van der Waals surface area contributed by atoms with Crippen LogP contribution in [0, 0.1) is 0 Å². The maximum Gasteiger partial charge on any atom is 0.0534 e. The van der Waals surface area contributed by atoms with Gasteiger partial charge < -0.3 is 10.2 Å². The lowest BCUT2D eigenvalue weighted by molar-refractivity contribution is 0.304. The fourth-order valence-electron chi connectivity index (χ4n) is 1.81. The van der Waals surface area contributed by atoms with Gasteiger partial charge in [0.1, 0.15) is 0 Å². The fourth-order valence-corrected chi connectivity index (χ4v) is 1.81. The number of aryl methyl sites for hydroxylation is 1. The molecule has 4 nitrogen and oxygen atoms in total. The third-order valence-corrected chi connectivity index (χ3v) is 2.71. The molecule has 0 aliphatic heterocycles. The molecule has 1 atom stereocenters. The van der Waals surface area contributed by atoms with E-state index in [9.17, 15) is 0 Å². The van der Waals surface area contributed by atoms with E-state index in [1.807, 2.05) is 17.9 Å². The Kier molecular flexibility index (Phi) is 5.49. The van der Waals surface area contributed by atoms with Crippen molar-refractivity contribution in [2.45, 2.75) is 32.9 Å². The lowest BCUT2D eigenvalue weighted by Crippen LogP contribution is -2.30. The molecule has 0 bridgehead atoms. The van der Waals surface area contributed by atoms with E-state index in [1.165, 1.54) is 12.0 Å². The molecular weight excluding hydrogens is 200 g/mol. The smallest absolute Gasteiger partial charge is 0.0534 e. The van der Waals surface area contributed by atoms with Crippen LogP contribution in [0.25, 0.3) is 0 Å². The van der Waals surface area contributed by atoms with Gasteiger partial charge in [0.15, 0.2) is 0 Å². The number of nitrogens with zero attached hydrogens (tertiary/aromatic N) is 3. The molecule has 4 heteroatoms. The van der Waals surface area contributed by atoms with Crippen molar-refractivity contribution in [3.63, 3.8) is 0 Å². The standard InChI is InChI=1S/C12H24N4/c1-5-13-11(2)6-7-15(3)9-12-8-14-16(4)10-12/h8,10-11,13H,5-7,9H2,1-4H3. The zero-order valence-electron chi connectivity index (χ0n) is 10.9. The van der Waals surface area contributed by atoms with E-state index in [4.69, 9.17) is 0 Å². The summed E-state index contributed by atoms with van der Waals surface area (Å²) in [6.07, 6.45) is 5.19. The molecule has 0 amide bonds. The Balaban J connectivity index is 2.23. The van der Waals surface area contributed by atoms with Gasteiger partial charge in [0.05, 0.1) is 6.20 Å². The molecule has 1 unspecified atom stereocenters. The molecule has 0 spiro atoms. The van der Waals surface area contributed by atoms with Crippen molar-refractivity contribution >= 4 is 0 Å². The van der Waals surface area contributed by atoms with Crippen molar-refractivity contribution in [2.75, 3.05) is 20.1 Å². The molecule has 92 valence electrons. The second kappa shape index (κ2) is 6.66. The summed E-state index contributed by atoms with van der Waals surface area (Å²) < 4.78 is 1.85. The minimum atomic E-state index is 0.598. The highest BCUT2D eigenvalue weighted by Crippen LogP contribution is 2.02. The normalized spacial score (nSPS) is 13.3. The van der Waals surface area contributed by atoms with E-state index in [0.717, 1.165) is 19.6 Å². The monoisotopic (exact) mass is 224 g/mol. The van der Waals surface area contributed by atoms with Crippen LogP contribution >= 0.6 is 0 Å². The minimum absolute atomic E-state index is 0.598. The van der Waals surface area contributed by atoms with Gasteiger partial charge >= 0.3 is 0 Å². The van der Waals surface area contributed by atoms with Gasteiger partial charge in [-0.2, -0.15) is 5.10 Å². The molecule has 0 saturated heterocycles. The van der Waals surface area contributed by atoms with Crippen molar-refractivity contribution in [3.05, 3.63) is 18.0 Å². The summed E-state index contributed by atoms with van der Waals surface area (Å²) in [5, 5.41) is 7.60. The number of hydrogen-bond donors (Lipinski definition) is 1. The summed E-state index contributed by atoms with van der Waals surface area (Å²) in [4.78, 5) is 2.34. The van der Waals surface area contributed by atoms with E-state index in [0.29, 0.717) is 6.04 Å². The second-order valence-electron chi connectivity index (χ2n) is 4.51. The summed E-state index contributed by atoms with van der Waals surface area (Å²) in [7, 11) is 4.11. The number of rotatable bonds is 7. The van der Waals surface area contributed by atoms with E-state index in [-0.39, 0.29) is 0 Å². The summed E-state index contributed by atoms with van der Waals surface area (Å²) in [6.45, 7) is 7.53.